The van der Waals surface area contributed by atoms with Crippen LogP contribution in [-0.2, 0) is 0 Å². The van der Waals surface area contributed by atoms with Gasteiger partial charge in [-0.25, -0.2) is 4.39 Å². The lowest BCUT2D eigenvalue weighted by Gasteiger charge is -2.29. The van der Waals surface area contributed by atoms with E-state index in [4.69, 9.17) is 10.5 Å². The summed E-state index contributed by atoms with van der Waals surface area (Å²) in [5.74, 6) is -0.693. The minimum atomic E-state index is -0.580. The van der Waals surface area contributed by atoms with Gasteiger partial charge < -0.3 is 10.5 Å². The number of halogens is 1. The Morgan fingerprint density at radius 1 is 1.47 bits per heavy atom. The third-order valence-electron chi connectivity index (χ3n) is 3.48. The number of rotatable bonds is 4. The van der Waals surface area contributed by atoms with Crippen molar-refractivity contribution in [1.82, 2.24) is 4.90 Å². The van der Waals surface area contributed by atoms with Crippen LogP contribution in [0.25, 0.3) is 0 Å². The Bertz CT molecular complexity index is 457. The number of methoxy groups -OCH3 is 1. The van der Waals surface area contributed by atoms with Gasteiger partial charge in [0, 0.05) is 19.1 Å². The molecule has 0 amide bonds. The van der Waals surface area contributed by atoms with Crippen molar-refractivity contribution in [3.8, 4) is 5.75 Å². The van der Waals surface area contributed by atoms with E-state index in [1.807, 2.05) is 4.90 Å². The lowest BCUT2D eigenvalue weighted by Crippen LogP contribution is -2.42. The molecule has 1 fully saturated rings. The zero-order valence-corrected chi connectivity index (χ0v) is 11.1. The van der Waals surface area contributed by atoms with Crippen molar-refractivity contribution in [2.24, 2.45) is 5.73 Å². The van der Waals surface area contributed by atoms with Crippen LogP contribution in [0.4, 0.5) is 4.39 Å². The number of hydrogen-bond donors (Lipinski definition) is 1. The van der Waals surface area contributed by atoms with Crippen LogP contribution in [0.1, 0.15) is 23.2 Å². The van der Waals surface area contributed by atoms with Gasteiger partial charge in [-0.2, -0.15) is 0 Å². The number of likely N-dealkylation sites (tertiary alicyclic amines) is 1. The maximum atomic E-state index is 14.0. The van der Waals surface area contributed by atoms with Crippen molar-refractivity contribution in [3.05, 3.63) is 29.6 Å². The number of ketones is 1. The molecule has 2 rings (SSSR count). The summed E-state index contributed by atoms with van der Waals surface area (Å²) in [5, 5.41) is 0. The van der Waals surface area contributed by atoms with E-state index in [-0.39, 0.29) is 29.7 Å². The molecule has 0 atom stereocenters. The zero-order chi connectivity index (χ0) is 13.8. The Hall–Kier alpha value is -1.46. The molecule has 104 valence electrons. The Morgan fingerprint density at radius 3 is 2.79 bits per heavy atom. The van der Waals surface area contributed by atoms with E-state index in [2.05, 4.69) is 0 Å². The Labute approximate surface area is 112 Å². The van der Waals surface area contributed by atoms with Gasteiger partial charge in [-0.1, -0.05) is 6.07 Å². The van der Waals surface area contributed by atoms with Crippen LogP contribution in [0, 0.1) is 5.82 Å². The minimum Gasteiger partial charge on any atom is -0.494 e. The van der Waals surface area contributed by atoms with Crippen molar-refractivity contribution in [3.63, 3.8) is 0 Å². The first-order valence-corrected chi connectivity index (χ1v) is 6.45. The highest BCUT2D eigenvalue weighted by atomic mass is 19.1. The van der Waals surface area contributed by atoms with Crippen LogP contribution in [0.2, 0.25) is 0 Å². The summed E-state index contributed by atoms with van der Waals surface area (Å²) in [4.78, 5) is 14.1. The van der Waals surface area contributed by atoms with E-state index in [1.54, 1.807) is 6.07 Å². The van der Waals surface area contributed by atoms with Crippen LogP contribution in [0.15, 0.2) is 18.2 Å². The largest absolute Gasteiger partial charge is 0.494 e. The molecule has 0 spiro atoms. The van der Waals surface area contributed by atoms with Gasteiger partial charge in [0.15, 0.2) is 17.3 Å². The fourth-order valence-electron chi connectivity index (χ4n) is 2.28. The second-order valence-electron chi connectivity index (χ2n) is 4.86. The number of nitrogens with two attached hydrogens (primary N) is 1. The first kappa shape index (κ1) is 14.0. The highest BCUT2D eigenvalue weighted by molar-refractivity contribution is 5.98. The predicted octanol–water partition coefficient (Wildman–Crippen LogP) is 1.44. The molecule has 1 aliphatic rings. The van der Waals surface area contributed by atoms with E-state index in [9.17, 15) is 9.18 Å². The molecule has 0 aliphatic carbocycles. The summed E-state index contributed by atoms with van der Waals surface area (Å²) in [6, 6.07) is 4.85. The number of benzene rings is 1. The Morgan fingerprint density at radius 2 is 2.16 bits per heavy atom. The molecule has 0 aromatic heterocycles. The second kappa shape index (κ2) is 6.12. The molecule has 1 aliphatic heterocycles. The maximum Gasteiger partial charge on any atom is 0.179 e. The van der Waals surface area contributed by atoms with E-state index in [1.165, 1.54) is 19.2 Å². The topological polar surface area (TPSA) is 55.6 Å². The number of carbonyl (C=O) groups excluding carboxylic acids is 1. The SMILES string of the molecule is COc1cccc(C(=O)CN2CCC(N)CC2)c1F. The summed E-state index contributed by atoms with van der Waals surface area (Å²) in [6.07, 6.45) is 1.77. The van der Waals surface area contributed by atoms with Crippen molar-refractivity contribution < 1.29 is 13.9 Å². The van der Waals surface area contributed by atoms with E-state index >= 15 is 0 Å². The lowest BCUT2D eigenvalue weighted by atomic mass is 10.0. The Balaban J connectivity index is 2.04. The van der Waals surface area contributed by atoms with Crippen molar-refractivity contribution >= 4 is 5.78 Å². The van der Waals surface area contributed by atoms with Gasteiger partial charge in [-0.05, 0) is 25.0 Å². The molecule has 5 heteroatoms. The zero-order valence-electron chi connectivity index (χ0n) is 11.1. The standard InChI is InChI=1S/C14H19FN2O2/c1-19-13-4-2-3-11(14(13)15)12(18)9-17-7-5-10(16)6-8-17/h2-4,10H,5-9,16H2,1H3. The van der Waals surface area contributed by atoms with Crippen LogP contribution < -0.4 is 10.5 Å². The fourth-order valence-corrected chi connectivity index (χ4v) is 2.28. The summed E-state index contributed by atoms with van der Waals surface area (Å²) in [7, 11) is 1.39. The summed E-state index contributed by atoms with van der Waals surface area (Å²) >= 11 is 0. The lowest BCUT2D eigenvalue weighted by molar-refractivity contribution is 0.0905. The Kier molecular flexibility index (Phi) is 4.50. The molecule has 0 saturated carbocycles. The first-order valence-electron chi connectivity index (χ1n) is 6.45. The van der Waals surface area contributed by atoms with Crippen LogP contribution in [0.3, 0.4) is 0 Å². The molecule has 0 radical (unpaired) electrons. The third kappa shape index (κ3) is 3.30. The summed E-state index contributed by atoms with van der Waals surface area (Å²) in [6.45, 7) is 1.81. The maximum absolute atomic E-state index is 14.0. The quantitative estimate of drug-likeness (QED) is 0.838. The number of hydrogen-bond acceptors (Lipinski definition) is 4. The van der Waals surface area contributed by atoms with Gasteiger partial charge >= 0.3 is 0 Å². The molecule has 1 saturated heterocycles. The number of ether oxygens (including phenoxy) is 1. The molecular formula is C14H19FN2O2. The highest BCUT2D eigenvalue weighted by Crippen LogP contribution is 2.21. The fraction of sp³-hybridized carbons (Fsp3) is 0.500. The number of carbonyl (C=O) groups is 1. The minimum absolute atomic E-state index is 0.0919. The monoisotopic (exact) mass is 266 g/mol. The van der Waals surface area contributed by atoms with Crippen molar-refractivity contribution in [1.29, 1.82) is 0 Å². The van der Waals surface area contributed by atoms with Gasteiger partial charge in [-0.3, -0.25) is 9.69 Å². The van der Waals surface area contributed by atoms with E-state index < -0.39 is 5.82 Å². The molecule has 1 aromatic carbocycles. The van der Waals surface area contributed by atoms with E-state index in [0.717, 1.165) is 25.9 Å². The van der Waals surface area contributed by atoms with Crippen LogP contribution >= 0.6 is 0 Å². The molecule has 2 N–H and O–H groups in total. The van der Waals surface area contributed by atoms with Gasteiger partial charge in [0.2, 0.25) is 0 Å². The molecule has 19 heavy (non-hydrogen) atoms. The molecule has 1 heterocycles. The summed E-state index contributed by atoms with van der Waals surface area (Å²) in [5.41, 5.74) is 5.90. The van der Waals surface area contributed by atoms with Gasteiger partial charge in [0.1, 0.15) is 0 Å². The van der Waals surface area contributed by atoms with Crippen LogP contribution in [-0.4, -0.2) is 43.5 Å². The average molecular weight is 266 g/mol. The molecule has 0 bridgehead atoms. The smallest absolute Gasteiger partial charge is 0.179 e. The van der Waals surface area contributed by atoms with Crippen molar-refractivity contribution in [2.75, 3.05) is 26.7 Å². The molecular weight excluding hydrogens is 247 g/mol. The van der Waals surface area contributed by atoms with Crippen LogP contribution in [0.5, 0.6) is 5.75 Å². The average Bonchev–Trinajstić information content (AvgIpc) is 2.41. The van der Waals surface area contributed by atoms with Gasteiger partial charge in [0.25, 0.3) is 0 Å². The van der Waals surface area contributed by atoms with E-state index in [0.29, 0.717) is 0 Å². The second-order valence-corrected chi connectivity index (χ2v) is 4.86. The molecule has 0 unspecified atom stereocenters. The highest BCUT2D eigenvalue weighted by Gasteiger charge is 2.21. The summed E-state index contributed by atoms with van der Waals surface area (Å²) < 4.78 is 18.8. The number of Topliss-reactive ketones (excluding diaryl/α,β-unsaturated/α-hetero) is 1. The normalized spacial score (nSPS) is 17.4. The van der Waals surface area contributed by atoms with Gasteiger partial charge in [0.05, 0.1) is 19.2 Å². The number of piperidine rings is 1. The van der Waals surface area contributed by atoms with Gasteiger partial charge in [-0.15, -0.1) is 0 Å². The number of nitrogens with zero attached hydrogens (tertiary/aromatic N) is 1. The molecule has 1 aromatic rings. The first-order chi connectivity index (χ1) is 9.11. The van der Waals surface area contributed by atoms with Crippen molar-refractivity contribution in [2.45, 2.75) is 18.9 Å². The molecule has 4 nitrogen and oxygen atoms in total. The third-order valence-corrected chi connectivity index (χ3v) is 3.48. The predicted molar refractivity (Wildman–Crippen MR) is 70.9 cm³/mol.